The highest BCUT2D eigenvalue weighted by Gasteiger charge is 2.17. The van der Waals surface area contributed by atoms with Crippen molar-refractivity contribution in [2.24, 2.45) is 18.7 Å². The van der Waals surface area contributed by atoms with E-state index in [1.807, 2.05) is 0 Å². The van der Waals surface area contributed by atoms with Crippen LogP contribution in [0.2, 0.25) is 0 Å². The molecule has 0 bridgehead atoms. The lowest BCUT2D eigenvalue weighted by molar-refractivity contribution is -0.122. The summed E-state index contributed by atoms with van der Waals surface area (Å²) in [6, 6.07) is -0.627. The van der Waals surface area contributed by atoms with Crippen LogP contribution >= 0.6 is 0 Å². The molecule has 0 radical (unpaired) electrons. The molecule has 16 heavy (non-hydrogen) atoms. The van der Waals surface area contributed by atoms with E-state index in [4.69, 9.17) is 5.73 Å². The Morgan fingerprint density at radius 3 is 2.88 bits per heavy atom. The normalized spacial score (nSPS) is 14.5. The van der Waals surface area contributed by atoms with E-state index in [0.717, 1.165) is 12.0 Å². The van der Waals surface area contributed by atoms with Gasteiger partial charge in [-0.15, -0.1) is 0 Å². The summed E-state index contributed by atoms with van der Waals surface area (Å²) in [5.41, 5.74) is 6.55. The Bertz CT molecular complexity index is 348. The molecule has 5 heteroatoms. The van der Waals surface area contributed by atoms with Crippen molar-refractivity contribution in [1.29, 1.82) is 0 Å². The first-order chi connectivity index (χ1) is 7.54. The minimum absolute atomic E-state index is 0.145. The molecule has 0 spiro atoms. The van der Waals surface area contributed by atoms with Crippen molar-refractivity contribution in [1.82, 2.24) is 15.1 Å². The molecular formula is C11H20N4O. The van der Waals surface area contributed by atoms with Crippen molar-refractivity contribution < 1.29 is 4.79 Å². The molecule has 0 saturated heterocycles. The number of aryl methyl sites for hydroxylation is 1. The Hall–Kier alpha value is -1.36. The SMILES string of the molecule is CCC(C)CNC(=O)C(N)c1cnn(C)c1. The maximum absolute atomic E-state index is 11.7. The Morgan fingerprint density at radius 2 is 2.38 bits per heavy atom. The van der Waals surface area contributed by atoms with E-state index in [-0.39, 0.29) is 5.91 Å². The van der Waals surface area contributed by atoms with Gasteiger partial charge in [-0.1, -0.05) is 20.3 Å². The van der Waals surface area contributed by atoms with Crippen LogP contribution in [0.1, 0.15) is 31.9 Å². The van der Waals surface area contributed by atoms with Crippen molar-refractivity contribution in [2.75, 3.05) is 6.54 Å². The minimum Gasteiger partial charge on any atom is -0.354 e. The zero-order valence-corrected chi connectivity index (χ0v) is 10.1. The Balaban J connectivity index is 2.48. The van der Waals surface area contributed by atoms with E-state index in [1.54, 1.807) is 24.1 Å². The fourth-order valence-corrected chi connectivity index (χ4v) is 1.28. The summed E-state index contributed by atoms with van der Waals surface area (Å²) in [7, 11) is 1.80. The lowest BCUT2D eigenvalue weighted by Gasteiger charge is -2.13. The molecule has 5 nitrogen and oxygen atoms in total. The van der Waals surface area contributed by atoms with Crippen molar-refractivity contribution in [3.05, 3.63) is 18.0 Å². The lowest BCUT2D eigenvalue weighted by atomic mass is 10.1. The topological polar surface area (TPSA) is 72.9 Å². The van der Waals surface area contributed by atoms with Gasteiger partial charge in [-0.3, -0.25) is 9.48 Å². The summed E-state index contributed by atoms with van der Waals surface area (Å²) in [4.78, 5) is 11.7. The molecule has 1 aromatic rings. The first-order valence-electron chi connectivity index (χ1n) is 5.56. The molecule has 0 fully saturated rings. The molecule has 3 N–H and O–H groups in total. The molecule has 1 rings (SSSR count). The number of carbonyl (C=O) groups excluding carboxylic acids is 1. The van der Waals surface area contributed by atoms with Crippen LogP contribution in [0.25, 0.3) is 0 Å². The van der Waals surface area contributed by atoms with Gasteiger partial charge in [0.15, 0.2) is 0 Å². The van der Waals surface area contributed by atoms with E-state index in [0.29, 0.717) is 12.5 Å². The molecule has 2 unspecified atom stereocenters. The van der Waals surface area contributed by atoms with Gasteiger partial charge in [-0.25, -0.2) is 0 Å². The highest BCUT2D eigenvalue weighted by atomic mass is 16.2. The third-order valence-corrected chi connectivity index (χ3v) is 2.69. The van der Waals surface area contributed by atoms with Gasteiger partial charge in [-0.2, -0.15) is 5.10 Å². The monoisotopic (exact) mass is 224 g/mol. The van der Waals surface area contributed by atoms with Crippen molar-refractivity contribution in [3.63, 3.8) is 0 Å². The van der Waals surface area contributed by atoms with Gasteiger partial charge >= 0.3 is 0 Å². The third-order valence-electron chi connectivity index (χ3n) is 2.69. The highest BCUT2D eigenvalue weighted by molar-refractivity contribution is 5.82. The van der Waals surface area contributed by atoms with Crippen molar-refractivity contribution in [2.45, 2.75) is 26.3 Å². The number of amides is 1. The fourth-order valence-electron chi connectivity index (χ4n) is 1.28. The van der Waals surface area contributed by atoms with Gasteiger partial charge in [0.2, 0.25) is 5.91 Å². The molecule has 1 heterocycles. The Labute approximate surface area is 96.0 Å². The van der Waals surface area contributed by atoms with E-state index < -0.39 is 6.04 Å². The first kappa shape index (κ1) is 12.7. The predicted molar refractivity (Wildman–Crippen MR) is 62.6 cm³/mol. The number of nitrogens with zero attached hydrogens (tertiary/aromatic N) is 2. The second kappa shape index (κ2) is 5.65. The molecule has 90 valence electrons. The molecule has 0 aliphatic heterocycles. The summed E-state index contributed by atoms with van der Waals surface area (Å²) in [6.07, 6.45) is 4.42. The summed E-state index contributed by atoms with van der Waals surface area (Å²) < 4.78 is 1.64. The van der Waals surface area contributed by atoms with Gasteiger partial charge < -0.3 is 11.1 Å². The van der Waals surface area contributed by atoms with Crippen LogP contribution in [0.15, 0.2) is 12.4 Å². The molecule has 2 atom stereocenters. The number of nitrogens with two attached hydrogens (primary N) is 1. The number of aromatic nitrogens is 2. The minimum atomic E-state index is -0.627. The van der Waals surface area contributed by atoms with E-state index in [1.165, 1.54) is 0 Å². The van der Waals surface area contributed by atoms with E-state index in [2.05, 4.69) is 24.3 Å². The largest absolute Gasteiger partial charge is 0.354 e. The van der Waals surface area contributed by atoms with Crippen LogP contribution in [0.5, 0.6) is 0 Å². The number of carbonyl (C=O) groups is 1. The van der Waals surface area contributed by atoms with Crippen LogP contribution < -0.4 is 11.1 Å². The van der Waals surface area contributed by atoms with Gasteiger partial charge in [0.1, 0.15) is 6.04 Å². The second-order valence-electron chi connectivity index (χ2n) is 4.18. The molecular weight excluding hydrogens is 204 g/mol. The molecule has 0 aromatic carbocycles. The molecule has 1 amide bonds. The molecule has 1 aromatic heterocycles. The second-order valence-corrected chi connectivity index (χ2v) is 4.18. The maximum atomic E-state index is 11.7. The van der Waals surface area contributed by atoms with Crippen LogP contribution in [0.3, 0.4) is 0 Å². The smallest absolute Gasteiger partial charge is 0.241 e. The third kappa shape index (κ3) is 3.34. The van der Waals surface area contributed by atoms with Crippen molar-refractivity contribution >= 4 is 5.91 Å². The van der Waals surface area contributed by atoms with Crippen LogP contribution in [-0.4, -0.2) is 22.2 Å². The summed E-state index contributed by atoms with van der Waals surface area (Å²) >= 11 is 0. The molecule has 0 aliphatic rings. The summed E-state index contributed by atoms with van der Waals surface area (Å²) in [5, 5.41) is 6.83. The predicted octanol–water partition coefficient (Wildman–Crippen LogP) is 0.582. The van der Waals surface area contributed by atoms with E-state index in [9.17, 15) is 4.79 Å². The first-order valence-corrected chi connectivity index (χ1v) is 5.56. The van der Waals surface area contributed by atoms with Gasteiger partial charge in [0.05, 0.1) is 6.20 Å². The molecule has 0 aliphatic carbocycles. The zero-order chi connectivity index (χ0) is 12.1. The number of rotatable bonds is 5. The Kier molecular flexibility index (Phi) is 4.49. The van der Waals surface area contributed by atoms with E-state index >= 15 is 0 Å². The van der Waals surface area contributed by atoms with Crippen LogP contribution in [0.4, 0.5) is 0 Å². The van der Waals surface area contributed by atoms with Crippen LogP contribution in [-0.2, 0) is 11.8 Å². The standard InChI is InChI=1S/C11H20N4O/c1-4-8(2)5-13-11(16)10(12)9-6-14-15(3)7-9/h6-8,10H,4-5,12H2,1-3H3,(H,13,16). The quantitative estimate of drug-likeness (QED) is 0.768. The average molecular weight is 224 g/mol. The lowest BCUT2D eigenvalue weighted by Crippen LogP contribution is -2.36. The van der Waals surface area contributed by atoms with Gasteiger partial charge in [-0.05, 0) is 5.92 Å². The molecule has 0 saturated carbocycles. The van der Waals surface area contributed by atoms with Gasteiger partial charge in [0.25, 0.3) is 0 Å². The number of hydrogen-bond donors (Lipinski definition) is 2. The van der Waals surface area contributed by atoms with Gasteiger partial charge in [0, 0.05) is 25.4 Å². The zero-order valence-electron chi connectivity index (χ0n) is 10.1. The maximum Gasteiger partial charge on any atom is 0.241 e. The number of hydrogen-bond acceptors (Lipinski definition) is 3. The highest BCUT2D eigenvalue weighted by Crippen LogP contribution is 2.08. The Morgan fingerprint density at radius 1 is 1.69 bits per heavy atom. The summed E-state index contributed by atoms with van der Waals surface area (Å²) in [5.74, 6) is 0.332. The van der Waals surface area contributed by atoms with Crippen LogP contribution in [0, 0.1) is 5.92 Å². The fraction of sp³-hybridized carbons (Fsp3) is 0.636. The summed E-state index contributed by atoms with van der Waals surface area (Å²) in [6.45, 7) is 4.86. The average Bonchev–Trinajstić information content (AvgIpc) is 2.71. The number of nitrogens with one attached hydrogen (secondary N) is 1. The van der Waals surface area contributed by atoms with Crippen molar-refractivity contribution in [3.8, 4) is 0 Å².